The monoisotopic (exact) mass is 200 g/mol. The van der Waals surface area contributed by atoms with Gasteiger partial charge in [-0.05, 0) is 25.7 Å². The molecule has 0 radical (unpaired) electrons. The number of amides is 1. The minimum atomic E-state index is -0.455. The van der Waals surface area contributed by atoms with Gasteiger partial charge in [-0.2, -0.15) is 0 Å². The highest BCUT2D eigenvalue weighted by molar-refractivity contribution is 5.82. The van der Waals surface area contributed by atoms with Gasteiger partial charge in [-0.25, -0.2) is 0 Å². The van der Waals surface area contributed by atoms with Gasteiger partial charge in [-0.3, -0.25) is 4.79 Å². The van der Waals surface area contributed by atoms with E-state index in [2.05, 4.69) is 26.1 Å². The van der Waals surface area contributed by atoms with Crippen LogP contribution in [0.3, 0.4) is 0 Å². The molecule has 0 atom stereocenters. The van der Waals surface area contributed by atoms with Crippen LogP contribution in [0.5, 0.6) is 0 Å². The number of nitrogens with one attached hydrogen (secondary N) is 1. The Hall–Kier alpha value is -0.570. The summed E-state index contributed by atoms with van der Waals surface area (Å²) in [5.74, 6) is 0.0431. The second-order valence-corrected chi connectivity index (χ2v) is 5.29. The standard InChI is InChI=1S/C11H24N2O/c1-6-10(2,3)8-13-9(14)11(4,5)7-12/h6-8,12H2,1-5H3,(H,13,14). The lowest BCUT2D eigenvalue weighted by Crippen LogP contribution is -2.44. The van der Waals surface area contributed by atoms with E-state index in [1.54, 1.807) is 0 Å². The van der Waals surface area contributed by atoms with E-state index in [-0.39, 0.29) is 11.3 Å². The number of rotatable bonds is 5. The second kappa shape index (κ2) is 4.78. The molecule has 14 heavy (non-hydrogen) atoms. The van der Waals surface area contributed by atoms with E-state index in [0.717, 1.165) is 6.42 Å². The molecule has 0 rings (SSSR count). The Morgan fingerprint density at radius 1 is 1.29 bits per heavy atom. The Balaban J connectivity index is 4.10. The molecule has 0 aromatic heterocycles. The topological polar surface area (TPSA) is 55.1 Å². The van der Waals surface area contributed by atoms with Gasteiger partial charge in [0.15, 0.2) is 0 Å². The zero-order valence-corrected chi connectivity index (χ0v) is 10.1. The van der Waals surface area contributed by atoms with Crippen molar-refractivity contribution in [1.82, 2.24) is 5.32 Å². The van der Waals surface area contributed by atoms with Crippen molar-refractivity contribution in [3.63, 3.8) is 0 Å². The fourth-order valence-corrected chi connectivity index (χ4v) is 0.777. The number of hydrogen-bond acceptors (Lipinski definition) is 2. The third-order valence-electron chi connectivity index (χ3n) is 2.81. The normalized spacial score (nSPS) is 12.7. The van der Waals surface area contributed by atoms with Crippen molar-refractivity contribution in [1.29, 1.82) is 0 Å². The quantitative estimate of drug-likeness (QED) is 0.707. The predicted molar refractivity (Wildman–Crippen MR) is 59.9 cm³/mol. The molecule has 0 aromatic rings. The van der Waals surface area contributed by atoms with Crippen LogP contribution in [0.1, 0.15) is 41.0 Å². The summed E-state index contributed by atoms with van der Waals surface area (Å²) in [5, 5.41) is 2.95. The fourth-order valence-electron chi connectivity index (χ4n) is 0.777. The van der Waals surface area contributed by atoms with Crippen molar-refractivity contribution in [3.05, 3.63) is 0 Å². The third-order valence-corrected chi connectivity index (χ3v) is 2.81. The molecule has 0 saturated heterocycles. The molecule has 0 aliphatic heterocycles. The first-order valence-corrected chi connectivity index (χ1v) is 5.23. The zero-order chi connectivity index (χ0) is 11.4. The van der Waals surface area contributed by atoms with Gasteiger partial charge < -0.3 is 11.1 Å². The van der Waals surface area contributed by atoms with Crippen LogP contribution in [-0.2, 0) is 4.79 Å². The third kappa shape index (κ3) is 4.09. The van der Waals surface area contributed by atoms with Crippen molar-refractivity contribution in [3.8, 4) is 0 Å². The zero-order valence-electron chi connectivity index (χ0n) is 10.1. The molecule has 0 bridgehead atoms. The maximum absolute atomic E-state index is 11.7. The van der Waals surface area contributed by atoms with E-state index < -0.39 is 5.41 Å². The second-order valence-electron chi connectivity index (χ2n) is 5.29. The van der Waals surface area contributed by atoms with Crippen LogP contribution >= 0.6 is 0 Å². The number of carbonyl (C=O) groups excluding carboxylic acids is 1. The van der Waals surface area contributed by atoms with Crippen LogP contribution < -0.4 is 11.1 Å². The van der Waals surface area contributed by atoms with Crippen molar-refractivity contribution >= 4 is 5.91 Å². The molecule has 0 aliphatic carbocycles. The molecule has 3 N–H and O–H groups in total. The average Bonchev–Trinajstić information content (AvgIpc) is 2.14. The van der Waals surface area contributed by atoms with Gasteiger partial charge in [0.1, 0.15) is 0 Å². The molecular weight excluding hydrogens is 176 g/mol. The van der Waals surface area contributed by atoms with Gasteiger partial charge in [-0.15, -0.1) is 0 Å². The summed E-state index contributed by atoms with van der Waals surface area (Å²) in [4.78, 5) is 11.7. The Morgan fingerprint density at radius 3 is 2.14 bits per heavy atom. The van der Waals surface area contributed by atoms with E-state index in [0.29, 0.717) is 13.1 Å². The van der Waals surface area contributed by atoms with Crippen LogP contribution in [0, 0.1) is 10.8 Å². The smallest absolute Gasteiger partial charge is 0.226 e. The lowest BCUT2D eigenvalue weighted by Gasteiger charge is -2.27. The lowest BCUT2D eigenvalue weighted by molar-refractivity contribution is -0.129. The molecule has 0 aromatic carbocycles. The fraction of sp³-hybridized carbons (Fsp3) is 0.909. The number of nitrogens with two attached hydrogens (primary N) is 1. The van der Waals surface area contributed by atoms with Gasteiger partial charge in [0, 0.05) is 13.1 Å². The van der Waals surface area contributed by atoms with Gasteiger partial charge in [-0.1, -0.05) is 20.8 Å². The molecule has 1 amide bonds. The largest absolute Gasteiger partial charge is 0.355 e. The van der Waals surface area contributed by atoms with Crippen molar-refractivity contribution in [2.24, 2.45) is 16.6 Å². The van der Waals surface area contributed by atoms with Crippen LogP contribution in [0.4, 0.5) is 0 Å². The molecule has 0 aliphatic rings. The molecule has 0 fully saturated rings. The van der Waals surface area contributed by atoms with Crippen LogP contribution in [0.15, 0.2) is 0 Å². The van der Waals surface area contributed by atoms with Gasteiger partial charge in [0.2, 0.25) is 5.91 Å². The molecule has 0 spiro atoms. The highest BCUT2D eigenvalue weighted by atomic mass is 16.2. The summed E-state index contributed by atoms with van der Waals surface area (Å²) in [7, 11) is 0. The maximum Gasteiger partial charge on any atom is 0.226 e. The highest BCUT2D eigenvalue weighted by Crippen LogP contribution is 2.19. The molecule has 0 heterocycles. The van der Waals surface area contributed by atoms with E-state index in [4.69, 9.17) is 5.73 Å². The first-order valence-electron chi connectivity index (χ1n) is 5.23. The van der Waals surface area contributed by atoms with E-state index in [9.17, 15) is 4.79 Å². The molecular formula is C11H24N2O. The Bertz CT molecular complexity index is 197. The van der Waals surface area contributed by atoms with Crippen LogP contribution in [0.2, 0.25) is 0 Å². The predicted octanol–water partition coefficient (Wildman–Crippen LogP) is 1.52. The summed E-state index contributed by atoms with van der Waals surface area (Å²) in [6.07, 6.45) is 1.05. The number of carbonyl (C=O) groups is 1. The number of hydrogen-bond donors (Lipinski definition) is 2. The van der Waals surface area contributed by atoms with Gasteiger partial charge in [0.25, 0.3) is 0 Å². The molecule has 0 unspecified atom stereocenters. The lowest BCUT2D eigenvalue weighted by atomic mass is 9.88. The maximum atomic E-state index is 11.7. The van der Waals surface area contributed by atoms with Crippen LogP contribution in [0.25, 0.3) is 0 Å². The van der Waals surface area contributed by atoms with Crippen LogP contribution in [-0.4, -0.2) is 19.0 Å². The van der Waals surface area contributed by atoms with Crippen molar-refractivity contribution in [2.45, 2.75) is 41.0 Å². The Kier molecular flexibility index (Phi) is 4.59. The summed E-state index contributed by atoms with van der Waals surface area (Å²) in [6, 6.07) is 0. The molecule has 3 nitrogen and oxygen atoms in total. The Morgan fingerprint density at radius 2 is 1.79 bits per heavy atom. The minimum Gasteiger partial charge on any atom is -0.355 e. The summed E-state index contributed by atoms with van der Waals surface area (Å²) < 4.78 is 0. The average molecular weight is 200 g/mol. The Labute approximate surface area is 87.4 Å². The van der Waals surface area contributed by atoms with E-state index >= 15 is 0 Å². The summed E-state index contributed by atoms with van der Waals surface area (Å²) in [5.41, 5.74) is 5.23. The first kappa shape index (κ1) is 13.4. The molecule has 84 valence electrons. The van der Waals surface area contributed by atoms with Gasteiger partial charge in [0.05, 0.1) is 5.41 Å². The molecule has 0 saturated carbocycles. The van der Waals surface area contributed by atoms with E-state index in [1.165, 1.54) is 0 Å². The van der Waals surface area contributed by atoms with Crippen molar-refractivity contribution in [2.75, 3.05) is 13.1 Å². The van der Waals surface area contributed by atoms with E-state index in [1.807, 2.05) is 13.8 Å². The first-order chi connectivity index (χ1) is 6.25. The summed E-state index contributed by atoms with van der Waals surface area (Å²) in [6.45, 7) is 11.2. The SMILES string of the molecule is CCC(C)(C)CNC(=O)C(C)(C)CN. The minimum absolute atomic E-state index is 0.0431. The van der Waals surface area contributed by atoms with Crippen molar-refractivity contribution < 1.29 is 4.79 Å². The molecule has 3 heteroatoms. The van der Waals surface area contributed by atoms with Gasteiger partial charge >= 0.3 is 0 Å². The highest BCUT2D eigenvalue weighted by Gasteiger charge is 2.27. The summed E-state index contributed by atoms with van der Waals surface area (Å²) >= 11 is 0.